The number of ether oxygens (including phenoxy) is 1. The Balaban J connectivity index is 3.92. The van der Waals surface area contributed by atoms with Gasteiger partial charge in [-0.2, -0.15) is 0 Å². The summed E-state index contributed by atoms with van der Waals surface area (Å²) in [5.74, 6) is 0. The molecule has 0 saturated carbocycles. The molecular weight excluding hydrogens is 194 g/mol. The highest BCUT2D eigenvalue weighted by atomic mass is 16.6. The second-order valence-electron chi connectivity index (χ2n) is 5.76. The van der Waals surface area contributed by atoms with Gasteiger partial charge in [-0.1, -0.05) is 20.8 Å². The Labute approximate surface area is 92.0 Å². The van der Waals surface area contributed by atoms with E-state index in [-0.39, 0.29) is 12.0 Å². The molecular formula is C11H23NO3. The molecule has 0 aromatic carbocycles. The largest absolute Gasteiger partial charge is 0.444 e. The Hall–Kier alpha value is -0.770. The summed E-state index contributed by atoms with van der Waals surface area (Å²) >= 11 is 0. The molecule has 15 heavy (non-hydrogen) atoms. The molecule has 2 N–H and O–H groups in total. The third-order valence-corrected chi connectivity index (χ3v) is 1.84. The van der Waals surface area contributed by atoms with E-state index in [2.05, 4.69) is 5.32 Å². The lowest BCUT2D eigenvalue weighted by Gasteiger charge is -2.26. The first-order chi connectivity index (χ1) is 6.52. The van der Waals surface area contributed by atoms with Crippen molar-refractivity contribution in [2.75, 3.05) is 6.54 Å². The van der Waals surface area contributed by atoms with Crippen molar-refractivity contribution < 1.29 is 14.6 Å². The van der Waals surface area contributed by atoms with Crippen LogP contribution in [0.3, 0.4) is 0 Å². The molecule has 4 heteroatoms. The molecule has 1 atom stereocenters. The van der Waals surface area contributed by atoms with Crippen LogP contribution in [0.2, 0.25) is 0 Å². The van der Waals surface area contributed by atoms with Crippen molar-refractivity contribution in [1.82, 2.24) is 5.32 Å². The van der Waals surface area contributed by atoms with E-state index < -0.39 is 17.8 Å². The SMILES string of the molecule is CC(C)(C)OC(=O)NCC(O)C(C)(C)C. The van der Waals surface area contributed by atoms with Crippen LogP contribution in [0.15, 0.2) is 0 Å². The predicted octanol–water partition coefficient (Wildman–Crippen LogP) is 1.92. The van der Waals surface area contributed by atoms with E-state index in [0.717, 1.165) is 0 Å². The van der Waals surface area contributed by atoms with E-state index in [9.17, 15) is 9.90 Å². The van der Waals surface area contributed by atoms with Gasteiger partial charge >= 0.3 is 6.09 Å². The van der Waals surface area contributed by atoms with Crippen molar-refractivity contribution in [3.8, 4) is 0 Å². The summed E-state index contributed by atoms with van der Waals surface area (Å²) in [5.41, 5.74) is -0.744. The van der Waals surface area contributed by atoms with E-state index >= 15 is 0 Å². The predicted molar refractivity (Wildman–Crippen MR) is 59.7 cm³/mol. The number of carbonyl (C=O) groups is 1. The summed E-state index contributed by atoms with van der Waals surface area (Å²) in [5, 5.41) is 12.2. The van der Waals surface area contributed by atoms with Gasteiger partial charge < -0.3 is 15.2 Å². The van der Waals surface area contributed by atoms with Gasteiger partial charge in [0.05, 0.1) is 6.10 Å². The number of hydrogen-bond acceptors (Lipinski definition) is 3. The summed E-state index contributed by atoms with van der Waals surface area (Å²) < 4.78 is 5.04. The van der Waals surface area contributed by atoms with Crippen LogP contribution in [-0.2, 0) is 4.74 Å². The van der Waals surface area contributed by atoms with Crippen molar-refractivity contribution >= 4 is 6.09 Å². The molecule has 1 amide bonds. The molecule has 0 aliphatic rings. The standard InChI is InChI=1S/C11H23NO3/c1-10(2,3)8(13)7-12-9(14)15-11(4,5)6/h8,13H,7H2,1-6H3,(H,12,14). The average Bonchev–Trinajstić information content (AvgIpc) is 1.94. The van der Waals surface area contributed by atoms with Crippen LogP contribution in [0.1, 0.15) is 41.5 Å². The van der Waals surface area contributed by atoms with Gasteiger partial charge in [-0.05, 0) is 26.2 Å². The van der Waals surface area contributed by atoms with Gasteiger partial charge in [0.2, 0.25) is 0 Å². The molecule has 4 nitrogen and oxygen atoms in total. The molecule has 0 rings (SSSR count). The van der Waals surface area contributed by atoms with E-state index in [1.54, 1.807) is 20.8 Å². The van der Waals surface area contributed by atoms with Gasteiger partial charge in [0.25, 0.3) is 0 Å². The first-order valence-corrected chi connectivity index (χ1v) is 5.17. The Kier molecular flexibility index (Phi) is 4.59. The Morgan fingerprint density at radius 2 is 1.73 bits per heavy atom. The summed E-state index contributed by atoms with van der Waals surface area (Å²) in [6.07, 6.45) is -1.07. The molecule has 0 aromatic heterocycles. The van der Waals surface area contributed by atoms with E-state index in [4.69, 9.17) is 4.74 Å². The zero-order valence-electron chi connectivity index (χ0n) is 10.5. The molecule has 0 saturated heterocycles. The Morgan fingerprint density at radius 1 is 1.27 bits per heavy atom. The van der Waals surface area contributed by atoms with Crippen molar-refractivity contribution in [3.05, 3.63) is 0 Å². The van der Waals surface area contributed by atoms with Crippen LogP contribution in [0.25, 0.3) is 0 Å². The Morgan fingerprint density at radius 3 is 2.07 bits per heavy atom. The number of hydrogen-bond donors (Lipinski definition) is 2. The van der Waals surface area contributed by atoms with Gasteiger partial charge in [-0.25, -0.2) is 4.79 Å². The van der Waals surface area contributed by atoms with Crippen LogP contribution in [0.5, 0.6) is 0 Å². The third kappa shape index (κ3) is 7.19. The van der Waals surface area contributed by atoms with Crippen LogP contribution in [0.4, 0.5) is 4.79 Å². The Bertz CT molecular complexity index is 213. The number of amides is 1. The molecule has 0 bridgehead atoms. The zero-order chi connectivity index (χ0) is 12.3. The third-order valence-electron chi connectivity index (χ3n) is 1.84. The van der Waals surface area contributed by atoms with Gasteiger partial charge in [0.15, 0.2) is 0 Å². The molecule has 0 aliphatic carbocycles. The number of nitrogens with one attached hydrogen (secondary N) is 1. The van der Waals surface area contributed by atoms with Gasteiger partial charge in [0, 0.05) is 6.54 Å². The second kappa shape index (κ2) is 4.84. The topological polar surface area (TPSA) is 58.6 Å². The van der Waals surface area contributed by atoms with Gasteiger partial charge in [0.1, 0.15) is 5.60 Å². The highest BCUT2D eigenvalue weighted by molar-refractivity contribution is 5.67. The van der Waals surface area contributed by atoms with Crippen molar-refractivity contribution in [1.29, 1.82) is 0 Å². The van der Waals surface area contributed by atoms with Crippen LogP contribution < -0.4 is 5.32 Å². The minimum absolute atomic E-state index is 0.207. The molecule has 0 fully saturated rings. The van der Waals surface area contributed by atoms with Gasteiger partial charge in [-0.3, -0.25) is 0 Å². The first kappa shape index (κ1) is 14.2. The smallest absolute Gasteiger partial charge is 0.407 e. The minimum atomic E-state index is -0.579. The number of rotatable bonds is 2. The van der Waals surface area contributed by atoms with E-state index in [0.29, 0.717) is 0 Å². The lowest BCUT2D eigenvalue weighted by Crippen LogP contribution is -2.41. The molecule has 0 radical (unpaired) electrons. The first-order valence-electron chi connectivity index (χ1n) is 5.17. The number of carbonyl (C=O) groups excluding carboxylic acids is 1. The molecule has 0 aromatic rings. The summed E-state index contributed by atoms with van der Waals surface area (Å²) in [6.45, 7) is 11.3. The second-order valence-corrected chi connectivity index (χ2v) is 5.76. The number of aliphatic hydroxyl groups excluding tert-OH is 1. The average molecular weight is 217 g/mol. The summed E-state index contributed by atoms with van der Waals surface area (Å²) in [7, 11) is 0. The minimum Gasteiger partial charge on any atom is -0.444 e. The summed E-state index contributed by atoms with van der Waals surface area (Å²) in [6, 6.07) is 0. The monoisotopic (exact) mass is 217 g/mol. The fraction of sp³-hybridized carbons (Fsp3) is 0.909. The van der Waals surface area contributed by atoms with Crippen LogP contribution >= 0.6 is 0 Å². The van der Waals surface area contributed by atoms with Crippen molar-refractivity contribution in [3.63, 3.8) is 0 Å². The highest BCUT2D eigenvalue weighted by Gasteiger charge is 2.23. The molecule has 0 spiro atoms. The lowest BCUT2D eigenvalue weighted by atomic mass is 9.89. The van der Waals surface area contributed by atoms with Gasteiger partial charge in [-0.15, -0.1) is 0 Å². The van der Waals surface area contributed by atoms with E-state index in [1.807, 2.05) is 20.8 Å². The van der Waals surface area contributed by atoms with Crippen LogP contribution in [0, 0.1) is 5.41 Å². The van der Waals surface area contributed by atoms with Crippen molar-refractivity contribution in [2.24, 2.45) is 5.41 Å². The molecule has 90 valence electrons. The molecule has 0 aliphatic heterocycles. The quantitative estimate of drug-likeness (QED) is 0.743. The lowest BCUT2D eigenvalue weighted by molar-refractivity contribution is 0.0367. The van der Waals surface area contributed by atoms with E-state index in [1.165, 1.54) is 0 Å². The number of alkyl carbamates (subject to hydrolysis) is 1. The maximum atomic E-state index is 11.2. The highest BCUT2D eigenvalue weighted by Crippen LogP contribution is 2.18. The zero-order valence-corrected chi connectivity index (χ0v) is 10.5. The fourth-order valence-corrected chi connectivity index (χ4v) is 0.800. The molecule has 1 unspecified atom stereocenters. The molecule has 0 heterocycles. The summed E-state index contributed by atoms with van der Waals surface area (Å²) in [4.78, 5) is 11.2. The van der Waals surface area contributed by atoms with Crippen molar-refractivity contribution in [2.45, 2.75) is 53.2 Å². The number of aliphatic hydroxyl groups is 1. The maximum absolute atomic E-state index is 11.2. The van der Waals surface area contributed by atoms with Crippen LogP contribution in [-0.4, -0.2) is 29.4 Å². The normalized spacial score (nSPS) is 14.6. The maximum Gasteiger partial charge on any atom is 0.407 e. The fourth-order valence-electron chi connectivity index (χ4n) is 0.800.